The minimum absolute atomic E-state index is 0.0373. The lowest BCUT2D eigenvalue weighted by molar-refractivity contribution is -0.991. The molecule has 0 radical (unpaired) electrons. The molecule has 0 aromatic heterocycles. The van der Waals surface area contributed by atoms with E-state index < -0.39 is 5.23 Å². The molecule has 0 aliphatic carbocycles. The van der Waals surface area contributed by atoms with Crippen LogP contribution in [0, 0.1) is 5.21 Å². The van der Waals surface area contributed by atoms with E-state index in [1.807, 2.05) is 40.3 Å². The van der Waals surface area contributed by atoms with Crippen molar-refractivity contribution in [3.8, 4) is 0 Å². The fourth-order valence-corrected chi connectivity index (χ4v) is 3.33. The fraction of sp³-hybridized carbons (Fsp3) is 0.217. The Hall–Kier alpha value is -2.86. The maximum Gasteiger partial charge on any atom is 0.163 e. The van der Waals surface area contributed by atoms with Gasteiger partial charge in [-0.05, 0) is 41.0 Å². The Balaban J connectivity index is 2.04. The molecule has 146 valence electrons. The van der Waals surface area contributed by atoms with Crippen molar-refractivity contribution in [1.82, 2.24) is 0 Å². The van der Waals surface area contributed by atoms with Crippen LogP contribution in [0.15, 0.2) is 72.8 Å². The van der Waals surface area contributed by atoms with Gasteiger partial charge < -0.3 is 15.0 Å². The number of nitrogens with zero attached hydrogens (tertiary/aromatic N) is 2. The summed E-state index contributed by atoms with van der Waals surface area (Å²) >= 11 is 0. The summed E-state index contributed by atoms with van der Waals surface area (Å²) in [5, 5.41) is 19.5. The molecule has 0 aliphatic heterocycles. The third kappa shape index (κ3) is 4.34. The van der Waals surface area contributed by atoms with E-state index in [4.69, 9.17) is 0 Å². The van der Waals surface area contributed by atoms with Gasteiger partial charge in [0.15, 0.2) is 5.69 Å². The van der Waals surface area contributed by atoms with E-state index in [2.05, 4.69) is 58.3 Å². The van der Waals surface area contributed by atoms with E-state index in [1.165, 1.54) is 11.1 Å². The number of hydrogen-bond donors (Lipinski definition) is 2. The van der Waals surface area contributed by atoms with E-state index in [-0.39, 0.29) is 5.92 Å². The molecule has 3 rings (SSSR count). The maximum absolute atomic E-state index is 11.2. The lowest BCUT2D eigenvalue weighted by atomic mass is 9.85. The highest BCUT2D eigenvalue weighted by Crippen LogP contribution is 2.34. The zero-order valence-electron chi connectivity index (χ0n) is 16.8. The third-order valence-electron chi connectivity index (χ3n) is 4.98. The monoisotopic (exact) mass is 377 g/mol. The summed E-state index contributed by atoms with van der Waals surface area (Å²) in [5.41, 5.74) is 6.00. The van der Waals surface area contributed by atoms with Crippen molar-refractivity contribution in [2.45, 2.75) is 5.92 Å². The van der Waals surface area contributed by atoms with Gasteiger partial charge in [0, 0.05) is 57.6 Å². The highest BCUT2D eigenvalue weighted by Gasteiger charge is 2.18. The van der Waals surface area contributed by atoms with Gasteiger partial charge in [-0.1, -0.05) is 36.4 Å². The second-order valence-corrected chi connectivity index (χ2v) is 7.33. The molecular formula is C23H27N3O2. The summed E-state index contributed by atoms with van der Waals surface area (Å²) in [6, 6.07) is 24.2. The second kappa shape index (κ2) is 8.44. The van der Waals surface area contributed by atoms with Gasteiger partial charge >= 0.3 is 0 Å². The molecule has 3 aromatic rings. The Bertz CT molecular complexity index is 764. The first-order valence-electron chi connectivity index (χ1n) is 9.24. The normalized spacial score (nSPS) is 12.1. The number of hydrogen-bond acceptors (Lipinski definition) is 4. The topological polar surface area (TPSA) is 54.2 Å². The average molecular weight is 377 g/mol. The van der Waals surface area contributed by atoms with Crippen LogP contribution in [0.25, 0.3) is 0 Å². The van der Waals surface area contributed by atoms with Crippen molar-refractivity contribution in [3.05, 3.63) is 94.7 Å². The van der Waals surface area contributed by atoms with Gasteiger partial charge in [0.25, 0.3) is 0 Å². The number of rotatable bonds is 6. The highest BCUT2D eigenvalue weighted by atomic mass is 16.8. The average Bonchev–Trinajstić information content (AvgIpc) is 2.69. The van der Waals surface area contributed by atoms with Crippen LogP contribution in [0.1, 0.15) is 22.6 Å². The SMILES string of the molecule is CN(C)c1ccc(C(c2ccc(N(C)C)cc2)c2ccc([NH+]([O-])O)cc2)cc1. The van der Waals surface area contributed by atoms with Crippen LogP contribution in [-0.4, -0.2) is 33.4 Å². The van der Waals surface area contributed by atoms with E-state index in [0.717, 1.165) is 16.9 Å². The van der Waals surface area contributed by atoms with E-state index >= 15 is 0 Å². The third-order valence-corrected chi connectivity index (χ3v) is 4.98. The van der Waals surface area contributed by atoms with Crippen LogP contribution in [0.2, 0.25) is 0 Å². The number of benzene rings is 3. The first-order chi connectivity index (χ1) is 13.4. The molecule has 0 saturated carbocycles. The van der Waals surface area contributed by atoms with Gasteiger partial charge in [-0.25, -0.2) is 5.21 Å². The van der Waals surface area contributed by atoms with Crippen molar-refractivity contribution < 1.29 is 10.4 Å². The number of nitrogens with one attached hydrogen (secondary N) is 1. The largest absolute Gasteiger partial charge is 0.595 e. The lowest BCUT2D eigenvalue weighted by Gasteiger charge is -2.22. The molecule has 0 fully saturated rings. The molecule has 28 heavy (non-hydrogen) atoms. The molecular weight excluding hydrogens is 350 g/mol. The van der Waals surface area contributed by atoms with Crippen molar-refractivity contribution in [3.63, 3.8) is 0 Å². The van der Waals surface area contributed by atoms with Gasteiger partial charge in [-0.15, -0.1) is 0 Å². The number of quaternary nitrogens is 1. The van der Waals surface area contributed by atoms with Crippen LogP contribution in [0.5, 0.6) is 0 Å². The number of anilines is 2. The summed E-state index contributed by atoms with van der Waals surface area (Å²) in [5.74, 6) is 0.0373. The van der Waals surface area contributed by atoms with Crippen LogP contribution in [-0.2, 0) is 0 Å². The Morgan fingerprint density at radius 1 is 0.643 bits per heavy atom. The molecule has 5 nitrogen and oxygen atoms in total. The van der Waals surface area contributed by atoms with Crippen molar-refractivity contribution in [2.24, 2.45) is 0 Å². The second-order valence-electron chi connectivity index (χ2n) is 7.33. The van der Waals surface area contributed by atoms with Crippen LogP contribution in [0.4, 0.5) is 17.1 Å². The molecule has 1 unspecified atom stereocenters. The first-order valence-corrected chi connectivity index (χ1v) is 9.24. The Morgan fingerprint density at radius 3 is 1.25 bits per heavy atom. The van der Waals surface area contributed by atoms with Crippen LogP contribution < -0.4 is 15.0 Å². The smallest absolute Gasteiger partial charge is 0.163 e. The summed E-state index contributed by atoms with van der Waals surface area (Å²) in [7, 11) is 8.10. The predicted molar refractivity (Wildman–Crippen MR) is 115 cm³/mol. The lowest BCUT2D eigenvalue weighted by Crippen LogP contribution is -2.99. The van der Waals surface area contributed by atoms with Crippen LogP contribution in [0.3, 0.4) is 0 Å². The standard InChI is InChI=1S/C23H27N3O2/c1-24(2)20-11-5-17(6-12-20)23(18-7-13-21(14-8-18)25(3)4)19-9-15-22(16-10-19)26(27)28/h5-16,23,26-27H,1-4H3. The Kier molecular flexibility index (Phi) is 5.99. The Labute approximate surface area is 166 Å². The molecule has 0 heterocycles. The summed E-state index contributed by atoms with van der Waals surface area (Å²) in [6.45, 7) is 0. The molecule has 3 aromatic carbocycles. The molecule has 0 saturated heterocycles. The molecule has 0 spiro atoms. The molecule has 5 heteroatoms. The van der Waals surface area contributed by atoms with Crippen LogP contribution >= 0.6 is 0 Å². The minimum atomic E-state index is -0.909. The van der Waals surface area contributed by atoms with Crippen molar-refractivity contribution in [2.75, 3.05) is 38.0 Å². The zero-order valence-corrected chi connectivity index (χ0v) is 16.8. The van der Waals surface area contributed by atoms with Gasteiger partial charge in [0.2, 0.25) is 0 Å². The summed E-state index contributed by atoms with van der Waals surface area (Å²) in [4.78, 5) is 4.15. The van der Waals surface area contributed by atoms with E-state index in [0.29, 0.717) is 5.69 Å². The first kappa shape index (κ1) is 19.9. The Morgan fingerprint density at radius 2 is 0.964 bits per heavy atom. The molecule has 0 aliphatic rings. The quantitative estimate of drug-likeness (QED) is 0.511. The molecule has 1 atom stereocenters. The van der Waals surface area contributed by atoms with Gasteiger partial charge in [-0.2, -0.15) is 5.23 Å². The fourth-order valence-electron chi connectivity index (χ4n) is 3.33. The van der Waals surface area contributed by atoms with Gasteiger partial charge in [-0.3, -0.25) is 0 Å². The van der Waals surface area contributed by atoms with Crippen molar-refractivity contribution in [1.29, 1.82) is 0 Å². The minimum Gasteiger partial charge on any atom is -0.595 e. The highest BCUT2D eigenvalue weighted by molar-refractivity contribution is 5.53. The summed E-state index contributed by atoms with van der Waals surface area (Å²) < 4.78 is 0. The zero-order chi connectivity index (χ0) is 20.3. The maximum atomic E-state index is 11.2. The molecule has 0 bridgehead atoms. The molecule has 2 N–H and O–H groups in total. The summed E-state index contributed by atoms with van der Waals surface area (Å²) in [6.07, 6.45) is 0. The van der Waals surface area contributed by atoms with Gasteiger partial charge in [0.05, 0.1) is 0 Å². The van der Waals surface area contributed by atoms with E-state index in [9.17, 15) is 10.4 Å². The van der Waals surface area contributed by atoms with Crippen molar-refractivity contribution >= 4 is 17.1 Å². The predicted octanol–water partition coefficient (Wildman–Crippen LogP) is 3.40. The molecule has 0 amide bonds. The van der Waals surface area contributed by atoms with Gasteiger partial charge in [0.1, 0.15) is 0 Å². The van der Waals surface area contributed by atoms with E-state index in [1.54, 1.807) is 12.1 Å².